The van der Waals surface area contributed by atoms with Crippen LogP contribution in [0.15, 0.2) is 42.5 Å². The van der Waals surface area contributed by atoms with Crippen LogP contribution in [0, 0.1) is 5.82 Å². The van der Waals surface area contributed by atoms with E-state index >= 15 is 0 Å². The molecule has 0 aliphatic carbocycles. The molecule has 2 aliphatic heterocycles. The normalized spacial score (nSPS) is 17.7. The number of benzene rings is 2. The molecule has 0 atom stereocenters. The smallest absolute Gasteiger partial charge is 0.251 e. The van der Waals surface area contributed by atoms with Crippen LogP contribution in [0.1, 0.15) is 28.8 Å². The molecule has 0 aromatic heterocycles. The number of hydrogen-bond donors (Lipinski definition) is 1. The standard InChI is InChI=1S/C20H20FNO4/c21-16-4-2-15(3-5-16)20(7-9-24-10-8-20)12-22-19(23)14-1-6-17-18(11-14)26-13-25-17/h1-6,11H,7-10,12-13H2,(H,22,23). The van der Waals surface area contributed by atoms with E-state index in [0.717, 1.165) is 18.4 Å². The number of carbonyl (C=O) groups is 1. The number of fused-ring (bicyclic) bond motifs is 1. The van der Waals surface area contributed by atoms with Gasteiger partial charge in [0.05, 0.1) is 0 Å². The quantitative estimate of drug-likeness (QED) is 0.914. The van der Waals surface area contributed by atoms with Crippen LogP contribution >= 0.6 is 0 Å². The van der Waals surface area contributed by atoms with E-state index < -0.39 is 0 Å². The monoisotopic (exact) mass is 357 g/mol. The van der Waals surface area contributed by atoms with Gasteiger partial charge in [-0.3, -0.25) is 4.79 Å². The highest BCUT2D eigenvalue weighted by Crippen LogP contribution is 2.35. The second-order valence-electron chi connectivity index (χ2n) is 6.65. The van der Waals surface area contributed by atoms with E-state index in [9.17, 15) is 9.18 Å². The second kappa shape index (κ2) is 6.96. The number of halogens is 1. The molecule has 0 saturated carbocycles. The maximum absolute atomic E-state index is 13.3. The summed E-state index contributed by atoms with van der Waals surface area (Å²) in [6, 6.07) is 11.7. The first kappa shape index (κ1) is 16.8. The van der Waals surface area contributed by atoms with Gasteiger partial charge in [-0.2, -0.15) is 0 Å². The third-order valence-corrected chi connectivity index (χ3v) is 5.13. The van der Waals surface area contributed by atoms with E-state index in [0.29, 0.717) is 36.8 Å². The summed E-state index contributed by atoms with van der Waals surface area (Å²) >= 11 is 0. The SMILES string of the molecule is O=C(NCC1(c2ccc(F)cc2)CCOCC1)c1ccc2c(c1)OCO2. The molecular weight excluding hydrogens is 337 g/mol. The van der Waals surface area contributed by atoms with E-state index in [1.54, 1.807) is 30.3 Å². The molecule has 0 bridgehead atoms. The Balaban J connectivity index is 1.51. The summed E-state index contributed by atoms with van der Waals surface area (Å²) in [7, 11) is 0. The average Bonchev–Trinajstić information content (AvgIpc) is 3.15. The first-order valence-electron chi connectivity index (χ1n) is 8.68. The molecule has 5 nitrogen and oxygen atoms in total. The largest absolute Gasteiger partial charge is 0.454 e. The van der Waals surface area contributed by atoms with Crippen molar-refractivity contribution in [1.29, 1.82) is 0 Å². The topological polar surface area (TPSA) is 56.8 Å². The Bertz CT molecular complexity index is 800. The van der Waals surface area contributed by atoms with Crippen LogP contribution in [0.3, 0.4) is 0 Å². The van der Waals surface area contributed by atoms with Crippen LogP contribution in [0.2, 0.25) is 0 Å². The van der Waals surface area contributed by atoms with E-state index in [4.69, 9.17) is 14.2 Å². The van der Waals surface area contributed by atoms with Gasteiger partial charge >= 0.3 is 0 Å². The Morgan fingerprint density at radius 2 is 1.77 bits per heavy atom. The average molecular weight is 357 g/mol. The fraction of sp³-hybridized carbons (Fsp3) is 0.350. The highest BCUT2D eigenvalue weighted by atomic mass is 19.1. The fourth-order valence-electron chi connectivity index (χ4n) is 3.52. The molecule has 1 fully saturated rings. The minimum atomic E-state index is -0.264. The highest BCUT2D eigenvalue weighted by molar-refractivity contribution is 5.95. The van der Waals surface area contributed by atoms with Crippen molar-refractivity contribution < 1.29 is 23.4 Å². The second-order valence-corrected chi connectivity index (χ2v) is 6.65. The van der Waals surface area contributed by atoms with Crippen molar-refractivity contribution in [2.75, 3.05) is 26.6 Å². The number of carbonyl (C=O) groups excluding carboxylic acids is 1. The number of amides is 1. The minimum absolute atomic E-state index is 0.170. The van der Waals surface area contributed by atoms with Gasteiger partial charge in [0.15, 0.2) is 11.5 Å². The summed E-state index contributed by atoms with van der Waals surface area (Å²) in [4.78, 5) is 12.6. The summed E-state index contributed by atoms with van der Waals surface area (Å²) in [6.45, 7) is 1.89. The van der Waals surface area contributed by atoms with Crippen molar-refractivity contribution in [1.82, 2.24) is 5.32 Å². The lowest BCUT2D eigenvalue weighted by atomic mass is 9.74. The fourth-order valence-corrected chi connectivity index (χ4v) is 3.52. The molecule has 0 radical (unpaired) electrons. The highest BCUT2D eigenvalue weighted by Gasteiger charge is 2.35. The molecule has 2 heterocycles. The Kier molecular flexibility index (Phi) is 4.51. The molecule has 0 spiro atoms. The third kappa shape index (κ3) is 3.24. The van der Waals surface area contributed by atoms with Crippen molar-refractivity contribution in [3.8, 4) is 11.5 Å². The minimum Gasteiger partial charge on any atom is -0.454 e. The predicted octanol–water partition coefficient (Wildman–Crippen LogP) is 3.03. The van der Waals surface area contributed by atoms with Crippen LogP contribution in [-0.2, 0) is 10.2 Å². The molecule has 2 aliphatic rings. The summed E-state index contributed by atoms with van der Waals surface area (Å²) in [5.41, 5.74) is 1.29. The lowest BCUT2D eigenvalue weighted by molar-refractivity contribution is 0.0487. The van der Waals surface area contributed by atoms with E-state index in [1.807, 2.05) is 0 Å². The molecule has 1 saturated heterocycles. The van der Waals surface area contributed by atoms with Gasteiger partial charge in [-0.25, -0.2) is 4.39 Å². The van der Waals surface area contributed by atoms with Crippen molar-refractivity contribution >= 4 is 5.91 Å². The van der Waals surface area contributed by atoms with Gasteiger partial charge < -0.3 is 19.5 Å². The van der Waals surface area contributed by atoms with Gasteiger partial charge in [-0.05, 0) is 48.7 Å². The van der Waals surface area contributed by atoms with Crippen LogP contribution in [0.25, 0.3) is 0 Å². The summed E-state index contributed by atoms with van der Waals surface area (Å²) < 4.78 is 29.4. The molecule has 1 N–H and O–H groups in total. The van der Waals surface area contributed by atoms with E-state index in [2.05, 4.69) is 5.32 Å². The summed E-state index contributed by atoms with van der Waals surface area (Å²) in [5, 5.41) is 3.03. The van der Waals surface area contributed by atoms with Crippen molar-refractivity contribution in [3.05, 3.63) is 59.4 Å². The molecular formula is C20H20FNO4. The van der Waals surface area contributed by atoms with Gasteiger partial charge in [0, 0.05) is 30.7 Å². The van der Waals surface area contributed by atoms with Crippen molar-refractivity contribution in [3.63, 3.8) is 0 Å². The summed E-state index contributed by atoms with van der Waals surface area (Å²) in [5.74, 6) is 0.794. The van der Waals surface area contributed by atoms with Crippen LogP contribution in [0.4, 0.5) is 4.39 Å². The van der Waals surface area contributed by atoms with E-state index in [-0.39, 0.29) is 23.9 Å². The maximum atomic E-state index is 13.3. The van der Waals surface area contributed by atoms with Gasteiger partial charge in [0.2, 0.25) is 6.79 Å². The predicted molar refractivity (Wildman–Crippen MR) is 93.0 cm³/mol. The number of ether oxygens (including phenoxy) is 3. The van der Waals surface area contributed by atoms with Crippen LogP contribution in [-0.4, -0.2) is 32.5 Å². The Hall–Kier alpha value is -2.60. The third-order valence-electron chi connectivity index (χ3n) is 5.13. The van der Waals surface area contributed by atoms with Crippen molar-refractivity contribution in [2.45, 2.75) is 18.3 Å². The Morgan fingerprint density at radius 3 is 2.54 bits per heavy atom. The molecule has 4 rings (SSSR count). The summed E-state index contributed by atoms with van der Waals surface area (Å²) in [6.07, 6.45) is 1.56. The first-order chi connectivity index (χ1) is 12.7. The molecule has 6 heteroatoms. The molecule has 0 unspecified atom stereocenters. The molecule has 136 valence electrons. The lowest BCUT2D eigenvalue weighted by Crippen LogP contribution is -2.44. The Morgan fingerprint density at radius 1 is 1.04 bits per heavy atom. The zero-order valence-corrected chi connectivity index (χ0v) is 14.3. The van der Waals surface area contributed by atoms with Crippen molar-refractivity contribution in [2.24, 2.45) is 0 Å². The van der Waals surface area contributed by atoms with Gasteiger partial charge in [-0.1, -0.05) is 12.1 Å². The molecule has 2 aromatic rings. The number of nitrogens with one attached hydrogen (secondary N) is 1. The lowest BCUT2D eigenvalue weighted by Gasteiger charge is -2.38. The molecule has 26 heavy (non-hydrogen) atoms. The van der Waals surface area contributed by atoms with Crippen LogP contribution in [0.5, 0.6) is 11.5 Å². The van der Waals surface area contributed by atoms with Gasteiger partial charge in [-0.15, -0.1) is 0 Å². The molecule has 1 amide bonds. The zero-order valence-electron chi connectivity index (χ0n) is 14.3. The number of rotatable bonds is 4. The number of hydrogen-bond acceptors (Lipinski definition) is 4. The van der Waals surface area contributed by atoms with Gasteiger partial charge in [0.1, 0.15) is 5.82 Å². The van der Waals surface area contributed by atoms with E-state index in [1.165, 1.54) is 12.1 Å². The van der Waals surface area contributed by atoms with Crippen LogP contribution < -0.4 is 14.8 Å². The Labute approximate surface area is 151 Å². The maximum Gasteiger partial charge on any atom is 0.251 e. The molecule has 2 aromatic carbocycles. The first-order valence-corrected chi connectivity index (χ1v) is 8.68. The zero-order chi connectivity index (χ0) is 18.0. The van der Waals surface area contributed by atoms with Gasteiger partial charge in [0.25, 0.3) is 5.91 Å².